The highest BCUT2D eigenvalue weighted by atomic mass is 19.1. The van der Waals surface area contributed by atoms with Crippen molar-refractivity contribution in [3.05, 3.63) is 42.7 Å². The number of benzene rings is 1. The number of ether oxygens (including phenoxy) is 2. The number of anilines is 1. The minimum Gasteiger partial charge on any atom is -0.488 e. The molecule has 2 fully saturated rings. The first-order valence-corrected chi connectivity index (χ1v) is 11.0. The van der Waals surface area contributed by atoms with Crippen molar-refractivity contribution in [3.63, 3.8) is 0 Å². The minimum absolute atomic E-state index is 0.0398. The molecular formula is C22H26FN5O5. The lowest BCUT2D eigenvalue weighted by molar-refractivity contribution is -0.0477. The number of nitrogens with zero attached hydrogens (tertiary/aromatic N) is 4. The number of hydrogen-bond donors (Lipinski definition) is 4. The van der Waals surface area contributed by atoms with Crippen LogP contribution in [0.1, 0.15) is 31.9 Å². The second-order valence-corrected chi connectivity index (χ2v) is 8.48. The largest absolute Gasteiger partial charge is 0.488 e. The molecule has 0 amide bonds. The molecule has 10 nitrogen and oxygen atoms in total. The van der Waals surface area contributed by atoms with Gasteiger partial charge in [-0.05, 0) is 37.8 Å². The second kappa shape index (κ2) is 9.18. The van der Waals surface area contributed by atoms with Crippen LogP contribution in [0.15, 0.2) is 36.9 Å². The van der Waals surface area contributed by atoms with Crippen molar-refractivity contribution < 1.29 is 29.2 Å². The number of rotatable bonds is 6. The van der Waals surface area contributed by atoms with Gasteiger partial charge >= 0.3 is 0 Å². The van der Waals surface area contributed by atoms with Gasteiger partial charge in [0, 0.05) is 6.04 Å². The van der Waals surface area contributed by atoms with Gasteiger partial charge < -0.3 is 30.1 Å². The van der Waals surface area contributed by atoms with Crippen LogP contribution >= 0.6 is 0 Å². The maximum Gasteiger partial charge on any atom is 0.167 e. The number of halogens is 1. The zero-order chi connectivity index (χ0) is 22.9. The Kier molecular flexibility index (Phi) is 6.11. The molecule has 1 aromatic carbocycles. The third-order valence-electron chi connectivity index (χ3n) is 6.25. The van der Waals surface area contributed by atoms with Crippen LogP contribution in [-0.2, 0) is 4.74 Å². The number of imidazole rings is 1. The molecule has 0 radical (unpaired) electrons. The summed E-state index contributed by atoms with van der Waals surface area (Å²) in [5.41, 5.74) is 0.954. The average molecular weight is 459 g/mol. The van der Waals surface area contributed by atoms with Crippen LogP contribution in [0.5, 0.6) is 5.75 Å². The summed E-state index contributed by atoms with van der Waals surface area (Å²) in [7, 11) is 0. The van der Waals surface area contributed by atoms with Crippen molar-refractivity contribution in [2.24, 2.45) is 0 Å². The molecule has 2 aromatic heterocycles. The van der Waals surface area contributed by atoms with Crippen LogP contribution in [-0.4, -0.2) is 71.9 Å². The van der Waals surface area contributed by atoms with Crippen LogP contribution in [0.2, 0.25) is 0 Å². The molecule has 33 heavy (non-hydrogen) atoms. The van der Waals surface area contributed by atoms with Crippen molar-refractivity contribution in [2.75, 3.05) is 11.9 Å². The molecule has 4 N–H and O–H groups in total. The van der Waals surface area contributed by atoms with E-state index in [1.54, 1.807) is 16.7 Å². The first kappa shape index (κ1) is 22.0. The SMILES string of the molecule is OC1CCC(Nc2ncnc3c2ncn3[C@@H]2O[C@H](COc3ccccc3F)[C@H](O)[C@@H]2O)CC1. The summed E-state index contributed by atoms with van der Waals surface area (Å²) < 4.78 is 26.7. The molecule has 176 valence electrons. The molecule has 1 aliphatic heterocycles. The Balaban J connectivity index is 1.32. The Morgan fingerprint density at radius 1 is 1.06 bits per heavy atom. The van der Waals surface area contributed by atoms with Crippen molar-refractivity contribution >= 4 is 17.0 Å². The molecule has 1 saturated carbocycles. The van der Waals surface area contributed by atoms with E-state index in [4.69, 9.17) is 9.47 Å². The van der Waals surface area contributed by atoms with Gasteiger partial charge in [-0.2, -0.15) is 0 Å². The molecule has 1 saturated heterocycles. The Morgan fingerprint density at radius 3 is 2.64 bits per heavy atom. The van der Waals surface area contributed by atoms with Crippen LogP contribution in [0, 0.1) is 5.82 Å². The third-order valence-corrected chi connectivity index (χ3v) is 6.25. The molecule has 1 aliphatic carbocycles. The Bertz CT molecular complexity index is 1110. The summed E-state index contributed by atoms with van der Waals surface area (Å²) in [5, 5.41) is 34.2. The van der Waals surface area contributed by atoms with E-state index in [1.807, 2.05) is 0 Å². The van der Waals surface area contributed by atoms with Crippen molar-refractivity contribution in [3.8, 4) is 5.75 Å². The van der Waals surface area contributed by atoms with Gasteiger partial charge in [0.2, 0.25) is 0 Å². The predicted molar refractivity (Wildman–Crippen MR) is 115 cm³/mol. The predicted octanol–water partition coefficient (Wildman–Crippen LogP) is 1.38. The van der Waals surface area contributed by atoms with Crippen molar-refractivity contribution in [2.45, 2.75) is 62.4 Å². The molecule has 0 spiro atoms. The first-order chi connectivity index (χ1) is 16.0. The summed E-state index contributed by atoms with van der Waals surface area (Å²) >= 11 is 0. The van der Waals surface area contributed by atoms with E-state index in [1.165, 1.54) is 24.8 Å². The summed E-state index contributed by atoms with van der Waals surface area (Å²) in [6.45, 7) is -0.141. The van der Waals surface area contributed by atoms with E-state index in [2.05, 4.69) is 20.3 Å². The van der Waals surface area contributed by atoms with E-state index >= 15 is 0 Å². The Morgan fingerprint density at radius 2 is 1.85 bits per heavy atom. The molecule has 3 heterocycles. The van der Waals surface area contributed by atoms with Crippen LogP contribution in [0.4, 0.5) is 10.2 Å². The van der Waals surface area contributed by atoms with E-state index in [0.717, 1.165) is 25.7 Å². The van der Waals surface area contributed by atoms with Gasteiger partial charge in [-0.3, -0.25) is 4.57 Å². The van der Waals surface area contributed by atoms with Crippen LogP contribution in [0.25, 0.3) is 11.2 Å². The first-order valence-electron chi connectivity index (χ1n) is 11.0. The minimum atomic E-state index is -1.26. The molecular weight excluding hydrogens is 433 g/mol. The number of hydrogen-bond acceptors (Lipinski definition) is 9. The lowest BCUT2D eigenvalue weighted by atomic mass is 9.93. The lowest BCUT2D eigenvalue weighted by Gasteiger charge is -2.26. The smallest absolute Gasteiger partial charge is 0.167 e. The summed E-state index contributed by atoms with van der Waals surface area (Å²) in [5.74, 6) is 0.0810. The highest BCUT2D eigenvalue weighted by molar-refractivity contribution is 5.82. The molecule has 0 unspecified atom stereocenters. The monoisotopic (exact) mass is 459 g/mol. The molecule has 11 heteroatoms. The topological polar surface area (TPSA) is 135 Å². The van der Waals surface area contributed by atoms with Crippen LogP contribution in [0.3, 0.4) is 0 Å². The highest BCUT2D eigenvalue weighted by Gasteiger charge is 2.44. The molecule has 0 bridgehead atoms. The Hall–Kier alpha value is -2.86. The fraction of sp³-hybridized carbons (Fsp3) is 0.500. The number of aromatic nitrogens is 4. The van der Waals surface area contributed by atoms with Gasteiger partial charge in [0.15, 0.2) is 34.8 Å². The summed E-state index contributed by atoms with van der Waals surface area (Å²) in [6.07, 6.45) is 1.41. The van der Waals surface area contributed by atoms with Gasteiger partial charge in [0.1, 0.15) is 31.2 Å². The number of fused-ring (bicyclic) bond motifs is 1. The number of aliphatic hydroxyl groups excluding tert-OH is 3. The van der Waals surface area contributed by atoms with Gasteiger partial charge in [-0.15, -0.1) is 0 Å². The fourth-order valence-corrected chi connectivity index (χ4v) is 4.39. The number of nitrogens with one attached hydrogen (secondary N) is 1. The van der Waals surface area contributed by atoms with E-state index in [0.29, 0.717) is 17.0 Å². The van der Waals surface area contributed by atoms with Crippen molar-refractivity contribution in [1.82, 2.24) is 19.5 Å². The van der Waals surface area contributed by atoms with Crippen LogP contribution < -0.4 is 10.1 Å². The van der Waals surface area contributed by atoms with Gasteiger partial charge in [-0.1, -0.05) is 12.1 Å². The average Bonchev–Trinajstić information content (AvgIpc) is 3.37. The normalized spacial score (nSPS) is 29.9. The third kappa shape index (κ3) is 4.36. The fourth-order valence-electron chi connectivity index (χ4n) is 4.39. The van der Waals surface area contributed by atoms with E-state index < -0.39 is 30.4 Å². The van der Waals surface area contributed by atoms with E-state index in [9.17, 15) is 19.7 Å². The van der Waals surface area contributed by atoms with Crippen molar-refractivity contribution in [1.29, 1.82) is 0 Å². The number of para-hydroxylation sites is 1. The quantitative estimate of drug-likeness (QED) is 0.431. The van der Waals surface area contributed by atoms with Gasteiger partial charge in [-0.25, -0.2) is 19.3 Å². The second-order valence-electron chi connectivity index (χ2n) is 8.48. The highest BCUT2D eigenvalue weighted by Crippen LogP contribution is 2.33. The summed E-state index contributed by atoms with van der Waals surface area (Å²) in [4.78, 5) is 13.0. The summed E-state index contributed by atoms with van der Waals surface area (Å²) in [6, 6.07) is 6.12. The maximum absolute atomic E-state index is 13.8. The molecule has 4 atom stereocenters. The zero-order valence-electron chi connectivity index (χ0n) is 17.8. The zero-order valence-corrected chi connectivity index (χ0v) is 17.8. The standard InChI is InChI=1S/C22H26FN5O5/c23-14-3-1-2-4-15(14)32-9-16-18(30)19(31)22(33-16)28-11-26-17-20(24-10-25-21(17)28)27-12-5-7-13(29)8-6-12/h1-4,10-13,16,18-19,22,29-31H,5-9H2,(H,24,25,27)/t12?,13?,16-,18+,19+,22-/m1/s1. The van der Waals surface area contributed by atoms with Gasteiger partial charge in [0.25, 0.3) is 0 Å². The maximum atomic E-state index is 13.8. The molecule has 5 rings (SSSR count). The number of aliphatic hydroxyl groups is 3. The van der Waals surface area contributed by atoms with Gasteiger partial charge in [0.05, 0.1) is 12.4 Å². The lowest BCUT2D eigenvalue weighted by Crippen LogP contribution is -2.34. The molecule has 3 aromatic rings. The Labute approximate surface area is 189 Å². The molecule has 2 aliphatic rings. The van der Waals surface area contributed by atoms with E-state index in [-0.39, 0.29) is 24.5 Å².